The quantitative estimate of drug-likeness (QED) is 0.775. The number of carbonyl (C=O) groups is 1. The van der Waals surface area contributed by atoms with Gasteiger partial charge in [0.05, 0.1) is 30.8 Å². The van der Waals surface area contributed by atoms with Gasteiger partial charge in [-0.15, -0.1) is 0 Å². The zero-order valence-corrected chi connectivity index (χ0v) is 12.0. The molecule has 0 aliphatic carbocycles. The number of nitrogens with zero attached hydrogens (tertiary/aromatic N) is 1. The van der Waals surface area contributed by atoms with E-state index in [0.717, 1.165) is 32.4 Å². The Morgan fingerprint density at radius 2 is 2.37 bits per heavy atom. The largest absolute Gasteiger partial charge is 0.394 e. The lowest BCUT2D eigenvalue weighted by molar-refractivity contribution is -0.156. The van der Waals surface area contributed by atoms with E-state index < -0.39 is 0 Å². The van der Waals surface area contributed by atoms with Crippen LogP contribution in [0.15, 0.2) is 0 Å². The highest BCUT2D eigenvalue weighted by atomic mass is 16.5. The SMILES string of the molecule is CCCC1(C(=O)N2CC(CO)OCC2C)CCNC1. The second kappa shape index (κ2) is 6.20. The Hall–Kier alpha value is -0.650. The minimum atomic E-state index is -0.236. The van der Waals surface area contributed by atoms with Gasteiger partial charge < -0.3 is 20.1 Å². The number of nitrogens with one attached hydrogen (secondary N) is 1. The fourth-order valence-corrected chi connectivity index (χ4v) is 3.24. The van der Waals surface area contributed by atoms with Gasteiger partial charge in [0.25, 0.3) is 0 Å². The van der Waals surface area contributed by atoms with E-state index in [9.17, 15) is 9.90 Å². The molecule has 2 N–H and O–H groups in total. The molecule has 5 nitrogen and oxygen atoms in total. The van der Waals surface area contributed by atoms with Crippen molar-refractivity contribution >= 4 is 5.91 Å². The van der Waals surface area contributed by atoms with Crippen LogP contribution in [0, 0.1) is 5.41 Å². The third kappa shape index (κ3) is 2.93. The highest BCUT2D eigenvalue weighted by molar-refractivity contribution is 5.84. The molecule has 0 spiro atoms. The van der Waals surface area contributed by atoms with Gasteiger partial charge in [0.15, 0.2) is 0 Å². The van der Waals surface area contributed by atoms with Crippen molar-refractivity contribution in [2.24, 2.45) is 5.41 Å². The highest BCUT2D eigenvalue weighted by Gasteiger charge is 2.45. The number of aliphatic hydroxyl groups is 1. The van der Waals surface area contributed by atoms with Gasteiger partial charge in [0.2, 0.25) is 5.91 Å². The fraction of sp³-hybridized carbons (Fsp3) is 0.929. The summed E-state index contributed by atoms with van der Waals surface area (Å²) in [4.78, 5) is 14.9. The van der Waals surface area contributed by atoms with Crippen LogP contribution in [0.3, 0.4) is 0 Å². The van der Waals surface area contributed by atoms with Crippen LogP contribution in [0.2, 0.25) is 0 Å². The summed E-state index contributed by atoms with van der Waals surface area (Å²) < 4.78 is 5.52. The van der Waals surface area contributed by atoms with E-state index >= 15 is 0 Å². The molecular formula is C14H26N2O3. The van der Waals surface area contributed by atoms with Crippen LogP contribution in [-0.2, 0) is 9.53 Å². The summed E-state index contributed by atoms with van der Waals surface area (Å²) in [7, 11) is 0. The van der Waals surface area contributed by atoms with Crippen LogP contribution in [-0.4, -0.2) is 60.9 Å². The molecule has 110 valence electrons. The molecule has 0 saturated carbocycles. The monoisotopic (exact) mass is 270 g/mol. The molecule has 19 heavy (non-hydrogen) atoms. The van der Waals surface area contributed by atoms with Crippen LogP contribution < -0.4 is 5.32 Å². The lowest BCUT2D eigenvalue weighted by Crippen LogP contribution is -2.56. The Kier molecular flexibility index (Phi) is 4.81. The van der Waals surface area contributed by atoms with Gasteiger partial charge in [0, 0.05) is 13.1 Å². The summed E-state index contributed by atoms with van der Waals surface area (Å²) >= 11 is 0. The van der Waals surface area contributed by atoms with Crippen molar-refractivity contribution in [1.82, 2.24) is 10.2 Å². The van der Waals surface area contributed by atoms with E-state index in [1.54, 1.807) is 0 Å². The molecule has 0 aromatic heterocycles. The number of amides is 1. The lowest BCUT2D eigenvalue weighted by Gasteiger charge is -2.42. The summed E-state index contributed by atoms with van der Waals surface area (Å²) in [5.41, 5.74) is -0.236. The van der Waals surface area contributed by atoms with Crippen molar-refractivity contribution in [1.29, 1.82) is 0 Å². The van der Waals surface area contributed by atoms with Gasteiger partial charge in [-0.05, 0) is 26.3 Å². The summed E-state index contributed by atoms with van der Waals surface area (Å²) in [5, 5.41) is 12.6. The number of hydrogen-bond acceptors (Lipinski definition) is 4. The molecule has 3 atom stereocenters. The Balaban J connectivity index is 2.11. The van der Waals surface area contributed by atoms with Crippen molar-refractivity contribution < 1.29 is 14.6 Å². The second-order valence-corrected chi connectivity index (χ2v) is 5.90. The first-order chi connectivity index (χ1) is 9.13. The Morgan fingerprint density at radius 1 is 1.58 bits per heavy atom. The minimum absolute atomic E-state index is 0.0183. The molecule has 0 bridgehead atoms. The van der Waals surface area contributed by atoms with Gasteiger partial charge in [-0.1, -0.05) is 13.3 Å². The standard InChI is InChI=1S/C14H26N2O3/c1-3-4-14(5-6-15-10-14)13(18)16-7-12(8-17)19-9-11(16)2/h11-12,15,17H,3-10H2,1-2H3. The molecular weight excluding hydrogens is 244 g/mol. The first kappa shape index (κ1) is 14.8. The van der Waals surface area contributed by atoms with Gasteiger partial charge in [-0.25, -0.2) is 0 Å². The number of morpholine rings is 1. The Labute approximate surface area is 115 Å². The van der Waals surface area contributed by atoms with Crippen LogP contribution in [0.1, 0.15) is 33.1 Å². The number of hydrogen-bond donors (Lipinski definition) is 2. The van der Waals surface area contributed by atoms with E-state index in [-0.39, 0.29) is 30.1 Å². The summed E-state index contributed by atoms with van der Waals surface area (Å²) in [6.45, 7) is 6.88. The number of carbonyl (C=O) groups excluding carboxylic acids is 1. The smallest absolute Gasteiger partial charge is 0.230 e. The van der Waals surface area contributed by atoms with Crippen LogP contribution in [0.5, 0.6) is 0 Å². The van der Waals surface area contributed by atoms with E-state index in [0.29, 0.717) is 13.2 Å². The van der Waals surface area contributed by atoms with E-state index in [1.807, 2.05) is 11.8 Å². The molecule has 2 aliphatic rings. The summed E-state index contributed by atoms with van der Waals surface area (Å²) in [6, 6.07) is 0.102. The summed E-state index contributed by atoms with van der Waals surface area (Å²) in [5.74, 6) is 0.244. The molecule has 2 aliphatic heterocycles. The molecule has 3 unspecified atom stereocenters. The Bertz CT molecular complexity index is 316. The first-order valence-electron chi connectivity index (χ1n) is 7.37. The average Bonchev–Trinajstić information content (AvgIpc) is 2.89. The average molecular weight is 270 g/mol. The maximum absolute atomic E-state index is 12.9. The van der Waals surface area contributed by atoms with Crippen LogP contribution in [0.25, 0.3) is 0 Å². The number of rotatable bonds is 4. The van der Waals surface area contributed by atoms with Crippen LogP contribution in [0.4, 0.5) is 0 Å². The zero-order chi connectivity index (χ0) is 13.9. The molecule has 0 aromatic rings. The third-order valence-electron chi connectivity index (χ3n) is 4.40. The van der Waals surface area contributed by atoms with E-state index in [2.05, 4.69) is 12.2 Å². The van der Waals surface area contributed by atoms with Crippen molar-refractivity contribution in [3.8, 4) is 0 Å². The lowest BCUT2D eigenvalue weighted by atomic mass is 9.80. The van der Waals surface area contributed by atoms with Gasteiger partial charge >= 0.3 is 0 Å². The van der Waals surface area contributed by atoms with Gasteiger partial charge in [0.1, 0.15) is 0 Å². The molecule has 2 rings (SSSR count). The Morgan fingerprint density at radius 3 is 2.95 bits per heavy atom. The predicted octanol–water partition coefficient (Wildman–Crippen LogP) is 0.374. The molecule has 5 heteroatoms. The number of aliphatic hydroxyl groups excluding tert-OH is 1. The first-order valence-corrected chi connectivity index (χ1v) is 7.37. The van der Waals surface area contributed by atoms with Gasteiger partial charge in [-0.3, -0.25) is 4.79 Å². The van der Waals surface area contributed by atoms with Gasteiger partial charge in [-0.2, -0.15) is 0 Å². The van der Waals surface area contributed by atoms with Crippen LogP contribution >= 0.6 is 0 Å². The molecule has 0 aromatic carbocycles. The second-order valence-electron chi connectivity index (χ2n) is 5.90. The molecule has 2 heterocycles. The molecule has 0 radical (unpaired) electrons. The molecule has 1 amide bonds. The minimum Gasteiger partial charge on any atom is -0.394 e. The fourth-order valence-electron chi connectivity index (χ4n) is 3.24. The molecule has 2 fully saturated rings. The zero-order valence-electron chi connectivity index (χ0n) is 12.0. The van der Waals surface area contributed by atoms with Crippen molar-refractivity contribution in [3.63, 3.8) is 0 Å². The van der Waals surface area contributed by atoms with Crippen molar-refractivity contribution in [3.05, 3.63) is 0 Å². The van der Waals surface area contributed by atoms with E-state index in [1.165, 1.54) is 0 Å². The predicted molar refractivity (Wildman–Crippen MR) is 72.8 cm³/mol. The maximum Gasteiger partial charge on any atom is 0.230 e. The van der Waals surface area contributed by atoms with Crippen molar-refractivity contribution in [2.45, 2.75) is 45.3 Å². The van der Waals surface area contributed by atoms with Crippen molar-refractivity contribution in [2.75, 3.05) is 32.8 Å². The third-order valence-corrected chi connectivity index (χ3v) is 4.40. The van der Waals surface area contributed by atoms with E-state index in [4.69, 9.17) is 4.74 Å². The topological polar surface area (TPSA) is 61.8 Å². The highest BCUT2D eigenvalue weighted by Crippen LogP contribution is 2.34. The maximum atomic E-state index is 12.9. The molecule has 2 saturated heterocycles. The summed E-state index contributed by atoms with van der Waals surface area (Å²) in [6.07, 6.45) is 2.66. The normalized spacial score (nSPS) is 35.6. The number of ether oxygens (including phenoxy) is 1.